The minimum Gasteiger partial charge on any atom is -0.461 e. The molecule has 3 unspecified atom stereocenters. The van der Waals surface area contributed by atoms with E-state index in [0.29, 0.717) is 17.6 Å². The van der Waals surface area contributed by atoms with Gasteiger partial charge in [0.2, 0.25) is 5.91 Å². The number of fused-ring (bicyclic) bond motifs is 2. The summed E-state index contributed by atoms with van der Waals surface area (Å²) in [7, 11) is 2.14. The lowest BCUT2D eigenvalue weighted by Crippen LogP contribution is -2.44. The molecule has 2 heterocycles. The van der Waals surface area contributed by atoms with Gasteiger partial charge in [0.25, 0.3) is 0 Å². The van der Waals surface area contributed by atoms with E-state index in [2.05, 4.69) is 11.9 Å². The third-order valence-electron chi connectivity index (χ3n) is 4.99. The Hall–Kier alpha value is -1.88. The second-order valence-electron chi connectivity index (χ2n) is 6.33. The molecule has 22 heavy (non-hydrogen) atoms. The second kappa shape index (κ2) is 6.08. The van der Waals surface area contributed by atoms with Crippen LogP contribution in [0.1, 0.15) is 37.2 Å². The van der Waals surface area contributed by atoms with E-state index in [4.69, 9.17) is 10.5 Å². The van der Waals surface area contributed by atoms with Crippen molar-refractivity contribution in [1.82, 2.24) is 4.90 Å². The number of hydrogen-bond acceptors (Lipinski definition) is 4. The predicted molar refractivity (Wildman–Crippen MR) is 82.1 cm³/mol. The van der Waals surface area contributed by atoms with Crippen LogP contribution in [0.25, 0.3) is 0 Å². The zero-order valence-corrected chi connectivity index (χ0v) is 12.8. The highest BCUT2D eigenvalue weighted by molar-refractivity contribution is 6.02. The molecule has 5 heteroatoms. The Kier molecular flexibility index (Phi) is 4.16. The van der Waals surface area contributed by atoms with Crippen LogP contribution in [-0.2, 0) is 14.3 Å². The first-order chi connectivity index (χ1) is 10.6. The normalized spacial score (nSPS) is 29.0. The summed E-state index contributed by atoms with van der Waals surface area (Å²) in [5, 5.41) is 0. The number of nitrogens with zero attached hydrogens (tertiary/aromatic N) is 1. The summed E-state index contributed by atoms with van der Waals surface area (Å²) in [5.41, 5.74) is 6.01. The van der Waals surface area contributed by atoms with Crippen LogP contribution in [0.4, 0.5) is 0 Å². The van der Waals surface area contributed by atoms with Crippen LogP contribution in [0.15, 0.2) is 30.3 Å². The van der Waals surface area contributed by atoms with Gasteiger partial charge in [0, 0.05) is 12.1 Å². The van der Waals surface area contributed by atoms with Gasteiger partial charge in [-0.05, 0) is 38.3 Å². The predicted octanol–water partition coefficient (Wildman–Crippen LogP) is 1.42. The minimum atomic E-state index is -1.02. The molecule has 2 saturated heterocycles. The van der Waals surface area contributed by atoms with Crippen molar-refractivity contribution in [2.45, 2.75) is 49.8 Å². The van der Waals surface area contributed by atoms with Crippen molar-refractivity contribution in [2.24, 2.45) is 5.73 Å². The van der Waals surface area contributed by atoms with Gasteiger partial charge in [-0.1, -0.05) is 30.3 Å². The van der Waals surface area contributed by atoms with Gasteiger partial charge in [0.15, 0.2) is 5.92 Å². The summed E-state index contributed by atoms with van der Waals surface area (Å²) in [5.74, 6) is -2.20. The van der Waals surface area contributed by atoms with Crippen molar-refractivity contribution in [1.29, 1.82) is 0 Å². The maximum atomic E-state index is 12.4. The molecule has 1 aromatic rings. The van der Waals surface area contributed by atoms with Gasteiger partial charge in [0.05, 0.1) is 0 Å². The van der Waals surface area contributed by atoms with E-state index in [1.165, 1.54) is 0 Å². The summed E-state index contributed by atoms with van der Waals surface area (Å²) in [4.78, 5) is 26.5. The molecule has 2 N–H and O–H groups in total. The van der Waals surface area contributed by atoms with Crippen molar-refractivity contribution in [3.8, 4) is 0 Å². The molecular weight excluding hydrogens is 280 g/mol. The third kappa shape index (κ3) is 2.86. The lowest BCUT2D eigenvalue weighted by atomic mass is 9.97. The molecule has 2 fully saturated rings. The summed E-state index contributed by atoms with van der Waals surface area (Å²) >= 11 is 0. The first-order valence-corrected chi connectivity index (χ1v) is 7.83. The average Bonchev–Trinajstić information content (AvgIpc) is 2.71. The van der Waals surface area contributed by atoms with Crippen LogP contribution >= 0.6 is 0 Å². The van der Waals surface area contributed by atoms with E-state index in [1.54, 1.807) is 24.3 Å². The molecule has 1 aromatic carbocycles. The van der Waals surface area contributed by atoms with E-state index in [0.717, 1.165) is 25.7 Å². The molecule has 2 bridgehead atoms. The van der Waals surface area contributed by atoms with Crippen molar-refractivity contribution in [3.63, 3.8) is 0 Å². The van der Waals surface area contributed by atoms with E-state index < -0.39 is 17.8 Å². The summed E-state index contributed by atoms with van der Waals surface area (Å²) in [6, 6.07) is 9.84. The van der Waals surface area contributed by atoms with Crippen LogP contribution in [0.5, 0.6) is 0 Å². The number of nitrogens with two attached hydrogens (primary N) is 1. The number of piperidine rings is 1. The molecule has 0 spiro atoms. The molecule has 0 aliphatic carbocycles. The number of carbonyl (C=O) groups excluding carboxylic acids is 2. The molecule has 0 aromatic heterocycles. The second-order valence-corrected chi connectivity index (χ2v) is 6.33. The monoisotopic (exact) mass is 302 g/mol. The fourth-order valence-electron chi connectivity index (χ4n) is 3.75. The van der Waals surface area contributed by atoms with E-state index >= 15 is 0 Å². The van der Waals surface area contributed by atoms with Gasteiger partial charge in [0.1, 0.15) is 6.10 Å². The number of benzene rings is 1. The molecule has 118 valence electrons. The lowest BCUT2D eigenvalue weighted by Gasteiger charge is -2.36. The number of rotatable bonds is 4. The fraction of sp³-hybridized carbons (Fsp3) is 0.529. The van der Waals surface area contributed by atoms with Crippen LogP contribution in [-0.4, -0.2) is 42.0 Å². The van der Waals surface area contributed by atoms with Gasteiger partial charge < -0.3 is 15.4 Å². The highest BCUT2D eigenvalue weighted by Crippen LogP contribution is 2.36. The van der Waals surface area contributed by atoms with Gasteiger partial charge >= 0.3 is 5.97 Å². The fourth-order valence-corrected chi connectivity index (χ4v) is 3.75. The van der Waals surface area contributed by atoms with Gasteiger partial charge in [-0.15, -0.1) is 0 Å². The minimum absolute atomic E-state index is 0.105. The van der Waals surface area contributed by atoms with Crippen LogP contribution in [0.3, 0.4) is 0 Å². The van der Waals surface area contributed by atoms with Crippen LogP contribution in [0, 0.1) is 0 Å². The number of esters is 1. The maximum Gasteiger partial charge on any atom is 0.323 e. The molecule has 3 rings (SSSR count). The van der Waals surface area contributed by atoms with E-state index in [9.17, 15) is 9.59 Å². The number of ether oxygens (including phenoxy) is 1. The topological polar surface area (TPSA) is 72.6 Å². The van der Waals surface area contributed by atoms with Crippen LogP contribution in [0.2, 0.25) is 0 Å². The van der Waals surface area contributed by atoms with Gasteiger partial charge in [-0.3, -0.25) is 9.59 Å². The Labute approximate surface area is 130 Å². The van der Waals surface area contributed by atoms with Crippen molar-refractivity contribution in [3.05, 3.63) is 35.9 Å². The number of amides is 1. The molecule has 2 aliphatic heterocycles. The van der Waals surface area contributed by atoms with Crippen molar-refractivity contribution >= 4 is 11.9 Å². The first-order valence-electron chi connectivity index (χ1n) is 7.83. The highest BCUT2D eigenvalue weighted by atomic mass is 16.5. The van der Waals surface area contributed by atoms with E-state index in [1.807, 2.05) is 6.07 Å². The Morgan fingerprint density at radius 2 is 1.77 bits per heavy atom. The summed E-state index contributed by atoms with van der Waals surface area (Å²) in [6.07, 6.45) is 3.91. The highest BCUT2D eigenvalue weighted by Gasteiger charge is 2.41. The zero-order valence-electron chi connectivity index (χ0n) is 12.8. The summed E-state index contributed by atoms with van der Waals surface area (Å²) in [6.45, 7) is 0. The quantitative estimate of drug-likeness (QED) is 0.674. The van der Waals surface area contributed by atoms with Crippen molar-refractivity contribution < 1.29 is 14.3 Å². The van der Waals surface area contributed by atoms with Gasteiger partial charge in [-0.25, -0.2) is 0 Å². The Balaban J connectivity index is 1.69. The Bertz CT molecular complexity index is 546. The Morgan fingerprint density at radius 1 is 1.18 bits per heavy atom. The number of primary amides is 1. The molecule has 1 amide bonds. The lowest BCUT2D eigenvalue weighted by molar-refractivity contribution is -0.156. The molecule has 2 aliphatic rings. The number of hydrogen-bond donors (Lipinski definition) is 1. The van der Waals surface area contributed by atoms with Crippen molar-refractivity contribution in [2.75, 3.05) is 7.05 Å². The maximum absolute atomic E-state index is 12.4. The first kappa shape index (κ1) is 15.0. The molecule has 3 atom stereocenters. The number of carbonyl (C=O) groups is 2. The molecule has 5 nitrogen and oxygen atoms in total. The average molecular weight is 302 g/mol. The van der Waals surface area contributed by atoms with Gasteiger partial charge in [-0.2, -0.15) is 0 Å². The SMILES string of the molecule is CN1C2CCC1CC(OC(=O)C(C(N)=O)c1ccccc1)C2. The van der Waals surface area contributed by atoms with Crippen LogP contribution < -0.4 is 5.73 Å². The third-order valence-corrected chi connectivity index (χ3v) is 4.99. The standard InChI is InChI=1S/C17H22N2O3/c1-19-12-7-8-13(19)10-14(9-12)22-17(21)15(16(18)20)11-5-3-2-4-6-11/h2-6,12-15H,7-10H2,1H3,(H2,18,20). The van der Waals surface area contributed by atoms with E-state index in [-0.39, 0.29) is 6.10 Å². The Morgan fingerprint density at radius 3 is 2.32 bits per heavy atom. The smallest absolute Gasteiger partial charge is 0.323 e. The zero-order chi connectivity index (χ0) is 15.7. The largest absolute Gasteiger partial charge is 0.461 e. The molecule has 0 saturated carbocycles. The summed E-state index contributed by atoms with van der Waals surface area (Å²) < 4.78 is 5.63. The molecular formula is C17H22N2O3. The molecule has 0 radical (unpaired) electrons.